The molecule has 30 heavy (non-hydrogen) atoms. The van der Waals surface area contributed by atoms with E-state index in [0.717, 1.165) is 29.2 Å². The number of benzene rings is 2. The molecule has 1 heterocycles. The summed E-state index contributed by atoms with van der Waals surface area (Å²) in [4.78, 5) is 14.7. The van der Waals surface area contributed by atoms with Crippen molar-refractivity contribution < 1.29 is 13.3 Å². The van der Waals surface area contributed by atoms with E-state index >= 15 is 0 Å². The Labute approximate surface area is 176 Å². The number of hydrogen-bond donors (Lipinski definition) is 0. The predicted molar refractivity (Wildman–Crippen MR) is 114 cm³/mol. The minimum atomic E-state index is -3.98. The summed E-state index contributed by atoms with van der Waals surface area (Å²) < 4.78 is 28.2. The molecule has 0 spiro atoms. The molecular formula is C22H23N3O4S. The van der Waals surface area contributed by atoms with Gasteiger partial charge in [0.05, 0.1) is 9.82 Å². The van der Waals surface area contributed by atoms with Crippen molar-refractivity contribution in [2.75, 3.05) is 0 Å². The van der Waals surface area contributed by atoms with Gasteiger partial charge >= 0.3 is 0 Å². The van der Waals surface area contributed by atoms with Gasteiger partial charge in [0.1, 0.15) is 0 Å². The molecule has 0 bridgehead atoms. The van der Waals surface area contributed by atoms with E-state index in [4.69, 9.17) is 0 Å². The van der Waals surface area contributed by atoms with E-state index in [1.807, 2.05) is 24.3 Å². The fourth-order valence-corrected chi connectivity index (χ4v) is 4.54. The molecule has 0 saturated heterocycles. The first kappa shape index (κ1) is 21.6. The molecule has 3 rings (SSSR count). The quantitative estimate of drug-likeness (QED) is 0.397. The Hall–Kier alpha value is -3.10. The lowest BCUT2D eigenvalue weighted by Gasteiger charge is -2.22. The second-order valence-electron chi connectivity index (χ2n) is 7.01. The second-order valence-corrected chi connectivity index (χ2v) is 8.95. The molecule has 7 nitrogen and oxygen atoms in total. The smallest absolute Gasteiger partial charge is 0.264 e. The molecule has 0 saturated carbocycles. The van der Waals surface area contributed by atoms with Gasteiger partial charge in [-0.05, 0) is 42.2 Å². The van der Waals surface area contributed by atoms with Crippen LogP contribution in [0.25, 0.3) is 0 Å². The summed E-state index contributed by atoms with van der Waals surface area (Å²) in [6.45, 7) is 3.88. The van der Waals surface area contributed by atoms with Gasteiger partial charge < -0.3 is 0 Å². The van der Waals surface area contributed by atoms with E-state index in [-0.39, 0.29) is 23.7 Å². The van der Waals surface area contributed by atoms with Gasteiger partial charge in [-0.2, -0.15) is 4.31 Å². The van der Waals surface area contributed by atoms with Gasteiger partial charge in [0.25, 0.3) is 5.69 Å². The van der Waals surface area contributed by atoms with Crippen molar-refractivity contribution in [1.82, 2.24) is 9.29 Å². The maximum absolute atomic E-state index is 13.4. The summed E-state index contributed by atoms with van der Waals surface area (Å²) in [5.41, 5.74) is 2.92. The van der Waals surface area contributed by atoms with Crippen LogP contribution in [0.15, 0.2) is 71.9 Å². The Kier molecular flexibility index (Phi) is 6.59. The first-order valence-electron chi connectivity index (χ1n) is 9.53. The number of pyridine rings is 1. The lowest BCUT2D eigenvalue weighted by Crippen LogP contribution is -2.30. The van der Waals surface area contributed by atoms with E-state index in [9.17, 15) is 18.5 Å². The average Bonchev–Trinajstić information content (AvgIpc) is 2.74. The van der Waals surface area contributed by atoms with E-state index in [1.165, 1.54) is 16.4 Å². The molecule has 0 aliphatic carbocycles. The van der Waals surface area contributed by atoms with Crippen LogP contribution < -0.4 is 0 Å². The Morgan fingerprint density at radius 3 is 2.27 bits per heavy atom. The number of nitrogens with zero attached hydrogens (tertiary/aromatic N) is 3. The standard InChI is InChI=1S/C22H23N3O4S/c1-3-18-7-9-19(10-8-18)15-24(16-20-5-4-12-23-14-20)30(28,29)21-11-6-17(2)22(13-21)25(26)27/h4-14H,3,15-16H2,1-2H3. The van der Waals surface area contributed by atoms with E-state index in [0.29, 0.717) is 5.56 Å². The van der Waals surface area contributed by atoms with Crippen LogP contribution in [0.5, 0.6) is 0 Å². The first-order valence-corrected chi connectivity index (χ1v) is 11.0. The zero-order valence-electron chi connectivity index (χ0n) is 16.9. The van der Waals surface area contributed by atoms with Crippen LogP contribution in [0.2, 0.25) is 0 Å². The van der Waals surface area contributed by atoms with Gasteiger partial charge in [-0.3, -0.25) is 15.1 Å². The minimum absolute atomic E-state index is 0.103. The Bertz CT molecular complexity index is 1130. The Morgan fingerprint density at radius 1 is 1.00 bits per heavy atom. The molecule has 0 atom stereocenters. The fraction of sp³-hybridized carbons (Fsp3) is 0.227. The third-order valence-corrected chi connectivity index (χ3v) is 6.67. The molecule has 0 N–H and O–H groups in total. The van der Waals surface area contributed by atoms with Crippen molar-refractivity contribution in [3.8, 4) is 0 Å². The normalized spacial score (nSPS) is 11.6. The maximum Gasteiger partial charge on any atom is 0.273 e. The molecule has 2 aromatic carbocycles. The Balaban J connectivity index is 2.01. The van der Waals surface area contributed by atoms with Crippen LogP contribution >= 0.6 is 0 Å². The van der Waals surface area contributed by atoms with Gasteiger partial charge in [-0.15, -0.1) is 0 Å². The third kappa shape index (κ3) is 4.90. The highest BCUT2D eigenvalue weighted by Gasteiger charge is 2.27. The molecule has 0 amide bonds. The number of rotatable bonds is 8. The van der Waals surface area contributed by atoms with Crippen molar-refractivity contribution in [2.45, 2.75) is 38.3 Å². The number of nitro benzene ring substituents is 1. The summed E-state index contributed by atoms with van der Waals surface area (Å²) in [5, 5.41) is 11.3. The highest BCUT2D eigenvalue weighted by atomic mass is 32.2. The van der Waals surface area contributed by atoms with Crippen molar-refractivity contribution in [2.24, 2.45) is 0 Å². The van der Waals surface area contributed by atoms with E-state index in [1.54, 1.807) is 31.5 Å². The van der Waals surface area contributed by atoms with Crippen molar-refractivity contribution in [3.63, 3.8) is 0 Å². The molecule has 8 heteroatoms. The predicted octanol–water partition coefficient (Wildman–Crippen LogP) is 4.25. The van der Waals surface area contributed by atoms with Gasteiger partial charge in [-0.25, -0.2) is 8.42 Å². The highest BCUT2D eigenvalue weighted by Crippen LogP contribution is 2.26. The molecule has 3 aromatic rings. The van der Waals surface area contributed by atoms with Crippen LogP contribution in [-0.2, 0) is 29.5 Å². The summed E-state index contributed by atoms with van der Waals surface area (Å²) in [5.74, 6) is 0. The van der Waals surface area contributed by atoms with Crippen LogP contribution in [0.1, 0.15) is 29.2 Å². The zero-order chi connectivity index (χ0) is 21.7. The van der Waals surface area contributed by atoms with Crippen molar-refractivity contribution in [3.05, 3.63) is 99.4 Å². The molecule has 0 radical (unpaired) electrons. The first-order chi connectivity index (χ1) is 14.3. The molecule has 0 unspecified atom stereocenters. The van der Waals surface area contributed by atoms with Crippen LogP contribution in [0, 0.1) is 17.0 Å². The maximum atomic E-state index is 13.4. The number of nitro groups is 1. The molecule has 0 fully saturated rings. The summed E-state index contributed by atoms with van der Waals surface area (Å²) >= 11 is 0. The van der Waals surface area contributed by atoms with Crippen LogP contribution in [0.4, 0.5) is 5.69 Å². The number of aromatic nitrogens is 1. The van der Waals surface area contributed by atoms with E-state index in [2.05, 4.69) is 11.9 Å². The van der Waals surface area contributed by atoms with Crippen LogP contribution in [0.3, 0.4) is 0 Å². The topological polar surface area (TPSA) is 93.4 Å². The molecular weight excluding hydrogens is 402 g/mol. The number of aryl methyl sites for hydroxylation is 2. The summed E-state index contributed by atoms with van der Waals surface area (Å²) in [6.07, 6.45) is 4.13. The van der Waals surface area contributed by atoms with Gasteiger partial charge in [0, 0.05) is 37.1 Å². The van der Waals surface area contributed by atoms with Gasteiger partial charge in [0.2, 0.25) is 10.0 Å². The third-order valence-electron chi connectivity index (χ3n) is 4.89. The highest BCUT2D eigenvalue weighted by molar-refractivity contribution is 7.89. The number of hydrogen-bond acceptors (Lipinski definition) is 5. The Morgan fingerprint density at radius 2 is 1.67 bits per heavy atom. The van der Waals surface area contributed by atoms with Crippen molar-refractivity contribution >= 4 is 15.7 Å². The SMILES string of the molecule is CCc1ccc(CN(Cc2cccnc2)S(=O)(=O)c2ccc(C)c([N+](=O)[O-])c2)cc1. The minimum Gasteiger partial charge on any atom is -0.264 e. The average molecular weight is 426 g/mol. The molecule has 156 valence electrons. The summed E-state index contributed by atoms with van der Waals surface area (Å²) in [6, 6.07) is 15.3. The largest absolute Gasteiger partial charge is 0.273 e. The number of sulfonamides is 1. The van der Waals surface area contributed by atoms with Gasteiger partial charge in [0.15, 0.2) is 0 Å². The molecule has 0 aliphatic heterocycles. The lowest BCUT2D eigenvalue weighted by atomic mass is 10.1. The second kappa shape index (κ2) is 9.15. The fourth-order valence-electron chi connectivity index (χ4n) is 3.10. The molecule has 0 aliphatic rings. The lowest BCUT2D eigenvalue weighted by molar-refractivity contribution is -0.385. The zero-order valence-corrected chi connectivity index (χ0v) is 17.7. The monoisotopic (exact) mass is 425 g/mol. The molecule has 1 aromatic heterocycles. The summed E-state index contributed by atoms with van der Waals surface area (Å²) in [7, 11) is -3.98. The van der Waals surface area contributed by atoms with Crippen LogP contribution in [-0.4, -0.2) is 22.6 Å². The van der Waals surface area contributed by atoms with E-state index < -0.39 is 14.9 Å². The van der Waals surface area contributed by atoms with Gasteiger partial charge in [-0.1, -0.05) is 43.3 Å². The van der Waals surface area contributed by atoms with Crippen molar-refractivity contribution in [1.29, 1.82) is 0 Å².